The Morgan fingerprint density at radius 2 is 1.82 bits per heavy atom. The van der Waals surface area contributed by atoms with E-state index in [9.17, 15) is 4.79 Å². The Morgan fingerprint density at radius 1 is 1.11 bits per heavy atom. The summed E-state index contributed by atoms with van der Waals surface area (Å²) < 4.78 is 5.35. The van der Waals surface area contributed by atoms with Gasteiger partial charge in [-0.15, -0.1) is 11.8 Å². The molecule has 0 aliphatic rings. The Morgan fingerprint density at radius 3 is 2.57 bits per heavy atom. The number of aromatic nitrogens is 3. The van der Waals surface area contributed by atoms with Gasteiger partial charge in [-0.2, -0.15) is 15.0 Å². The maximum absolute atomic E-state index is 12.3. The molecule has 1 heterocycles. The third kappa shape index (κ3) is 5.43. The van der Waals surface area contributed by atoms with Crippen molar-refractivity contribution in [1.82, 2.24) is 15.0 Å². The number of nitrogen functional groups attached to an aromatic ring is 1. The molecule has 3 rings (SSSR count). The van der Waals surface area contributed by atoms with Crippen LogP contribution in [0, 0.1) is 6.92 Å². The van der Waals surface area contributed by atoms with Gasteiger partial charge in [-0.05, 0) is 37.6 Å². The fraction of sp³-hybridized carbons (Fsp3) is 0.200. The van der Waals surface area contributed by atoms with Gasteiger partial charge in [0, 0.05) is 10.6 Å². The largest absolute Gasteiger partial charge is 0.457 e. The minimum absolute atomic E-state index is 0.0591. The molecule has 0 radical (unpaired) electrons. The van der Waals surface area contributed by atoms with E-state index in [1.54, 1.807) is 6.92 Å². The van der Waals surface area contributed by atoms with Crippen molar-refractivity contribution in [2.75, 3.05) is 11.1 Å². The van der Waals surface area contributed by atoms with Gasteiger partial charge in [-0.3, -0.25) is 4.79 Å². The lowest BCUT2D eigenvalue weighted by Crippen LogP contribution is -2.18. The van der Waals surface area contributed by atoms with Crippen LogP contribution in [-0.4, -0.2) is 26.2 Å². The maximum Gasteiger partial charge on any atom is 0.319 e. The normalized spacial score (nSPS) is 11.6. The van der Waals surface area contributed by atoms with Gasteiger partial charge in [0.25, 0.3) is 0 Å². The van der Waals surface area contributed by atoms with Gasteiger partial charge in [-0.25, -0.2) is 0 Å². The quantitative estimate of drug-likeness (QED) is 0.461. The number of nitrogens with one attached hydrogen (secondary N) is 1. The molecule has 7 nitrogen and oxygen atoms in total. The molecule has 2 aromatic carbocycles. The zero-order valence-corrected chi connectivity index (χ0v) is 16.4. The van der Waals surface area contributed by atoms with Crippen LogP contribution in [0.1, 0.15) is 18.3 Å². The lowest BCUT2D eigenvalue weighted by Gasteiger charge is -2.12. The van der Waals surface area contributed by atoms with Crippen molar-refractivity contribution in [3.8, 4) is 0 Å². The number of thioether (sulfide) groups is 1. The predicted octanol–water partition coefficient (Wildman–Crippen LogP) is 3.73. The molecule has 28 heavy (non-hydrogen) atoms. The van der Waals surface area contributed by atoms with E-state index >= 15 is 0 Å². The summed E-state index contributed by atoms with van der Waals surface area (Å²) >= 11 is 1.43. The number of benzene rings is 2. The lowest BCUT2D eigenvalue weighted by atomic mass is 10.2. The second-order valence-corrected chi connectivity index (χ2v) is 7.47. The molecule has 3 aromatic rings. The van der Waals surface area contributed by atoms with E-state index in [0.717, 1.165) is 16.1 Å². The van der Waals surface area contributed by atoms with Gasteiger partial charge in [0.05, 0.1) is 0 Å². The molecule has 3 N–H and O–H groups in total. The molecule has 0 aliphatic carbocycles. The van der Waals surface area contributed by atoms with Crippen LogP contribution >= 0.6 is 11.8 Å². The molecule has 8 heteroatoms. The summed E-state index contributed by atoms with van der Waals surface area (Å²) in [6.07, 6.45) is 0. The number of nitrogens with two attached hydrogens (primary N) is 1. The van der Waals surface area contributed by atoms with Crippen molar-refractivity contribution in [3.05, 3.63) is 66.0 Å². The molecule has 0 spiro atoms. The van der Waals surface area contributed by atoms with Crippen LogP contribution in [0.15, 0.2) is 59.5 Å². The fourth-order valence-electron chi connectivity index (χ4n) is 2.40. The van der Waals surface area contributed by atoms with E-state index in [2.05, 4.69) is 20.3 Å². The summed E-state index contributed by atoms with van der Waals surface area (Å²) in [6.45, 7) is 3.70. The minimum Gasteiger partial charge on any atom is -0.457 e. The van der Waals surface area contributed by atoms with E-state index in [1.165, 1.54) is 11.8 Å². The molecule has 144 valence electrons. The van der Waals surface area contributed by atoms with Crippen LogP contribution in [0.4, 0.5) is 17.6 Å². The SMILES string of the molecule is Cc1ccccc1Nc1nc(N)nc(COC(=O)C(C)Sc2ccccc2)n1. The van der Waals surface area contributed by atoms with Crippen molar-refractivity contribution in [1.29, 1.82) is 0 Å². The van der Waals surface area contributed by atoms with Crippen molar-refractivity contribution < 1.29 is 9.53 Å². The maximum atomic E-state index is 12.3. The first kappa shape index (κ1) is 19.6. The number of hydrogen-bond acceptors (Lipinski definition) is 8. The highest BCUT2D eigenvalue weighted by atomic mass is 32.2. The zero-order chi connectivity index (χ0) is 19.9. The standard InChI is InChI=1S/C20H21N5O2S/c1-13-8-6-7-11-16(13)22-20-24-17(23-19(21)25-20)12-27-18(26)14(2)28-15-9-4-3-5-10-15/h3-11,14H,12H2,1-2H3,(H3,21,22,23,24,25). The van der Waals surface area contributed by atoms with E-state index in [0.29, 0.717) is 5.95 Å². The smallest absolute Gasteiger partial charge is 0.319 e. The van der Waals surface area contributed by atoms with Crippen LogP contribution < -0.4 is 11.1 Å². The zero-order valence-electron chi connectivity index (χ0n) is 15.6. The minimum atomic E-state index is -0.355. The number of esters is 1. The first-order valence-electron chi connectivity index (χ1n) is 8.72. The number of nitrogens with zero attached hydrogens (tertiary/aromatic N) is 3. The molecule has 0 aliphatic heterocycles. The van der Waals surface area contributed by atoms with Crippen molar-refractivity contribution >= 4 is 35.3 Å². The number of hydrogen-bond donors (Lipinski definition) is 2. The molecule has 1 unspecified atom stereocenters. The highest BCUT2D eigenvalue weighted by molar-refractivity contribution is 8.00. The number of anilines is 3. The summed E-state index contributed by atoms with van der Waals surface area (Å²) in [7, 11) is 0. The summed E-state index contributed by atoms with van der Waals surface area (Å²) in [5, 5.41) is 2.75. The van der Waals surface area contributed by atoms with Gasteiger partial charge in [0.1, 0.15) is 5.25 Å². The van der Waals surface area contributed by atoms with Crippen LogP contribution in [-0.2, 0) is 16.1 Å². The van der Waals surface area contributed by atoms with Crippen molar-refractivity contribution in [2.45, 2.75) is 30.6 Å². The molecule has 0 saturated heterocycles. The molecule has 1 atom stereocenters. The summed E-state index contributed by atoms with van der Waals surface area (Å²) in [6, 6.07) is 17.4. The lowest BCUT2D eigenvalue weighted by molar-refractivity contribution is -0.144. The van der Waals surface area contributed by atoms with Gasteiger partial charge >= 0.3 is 5.97 Å². The number of rotatable bonds is 7. The third-order valence-corrected chi connectivity index (χ3v) is 4.91. The Bertz CT molecular complexity index is 952. The molecule has 0 saturated carbocycles. The molecule has 0 fully saturated rings. The second-order valence-electron chi connectivity index (χ2n) is 6.05. The molecule has 0 amide bonds. The Hall–Kier alpha value is -3.13. The van der Waals surface area contributed by atoms with E-state index in [-0.39, 0.29) is 29.6 Å². The van der Waals surface area contributed by atoms with Crippen LogP contribution in [0.25, 0.3) is 0 Å². The van der Waals surface area contributed by atoms with Gasteiger partial charge in [0.2, 0.25) is 11.9 Å². The van der Waals surface area contributed by atoms with E-state index < -0.39 is 0 Å². The summed E-state index contributed by atoms with van der Waals surface area (Å²) in [4.78, 5) is 25.7. The number of carbonyl (C=O) groups is 1. The van der Waals surface area contributed by atoms with Gasteiger partial charge in [-0.1, -0.05) is 36.4 Å². The highest BCUT2D eigenvalue weighted by Crippen LogP contribution is 2.23. The average molecular weight is 395 g/mol. The van der Waals surface area contributed by atoms with Crippen LogP contribution in [0.2, 0.25) is 0 Å². The first-order valence-corrected chi connectivity index (χ1v) is 9.60. The molecule has 0 bridgehead atoms. The topological polar surface area (TPSA) is 103 Å². The van der Waals surface area contributed by atoms with E-state index in [1.807, 2.05) is 61.5 Å². The van der Waals surface area contributed by atoms with Gasteiger partial charge in [0.15, 0.2) is 12.4 Å². The predicted molar refractivity (Wildman–Crippen MR) is 110 cm³/mol. The first-order chi connectivity index (χ1) is 13.5. The number of para-hydroxylation sites is 1. The number of ether oxygens (including phenoxy) is 1. The van der Waals surface area contributed by atoms with Crippen molar-refractivity contribution in [3.63, 3.8) is 0 Å². The highest BCUT2D eigenvalue weighted by Gasteiger charge is 2.17. The molecular weight excluding hydrogens is 374 g/mol. The summed E-state index contributed by atoms with van der Waals surface area (Å²) in [5.74, 6) is 0.304. The fourth-order valence-corrected chi connectivity index (χ4v) is 3.28. The Labute approximate surface area is 167 Å². The van der Waals surface area contributed by atoms with Gasteiger partial charge < -0.3 is 15.8 Å². The van der Waals surface area contributed by atoms with Crippen LogP contribution in [0.5, 0.6) is 0 Å². The monoisotopic (exact) mass is 395 g/mol. The second kappa shape index (κ2) is 9.18. The molecule has 1 aromatic heterocycles. The average Bonchev–Trinajstić information content (AvgIpc) is 2.68. The van der Waals surface area contributed by atoms with Crippen molar-refractivity contribution in [2.24, 2.45) is 0 Å². The number of carbonyl (C=O) groups excluding carboxylic acids is 1. The summed E-state index contributed by atoms with van der Waals surface area (Å²) in [5.41, 5.74) is 7.68. The van der Waals surface area contributed by atoms with E-state index in [4.69, 9.17) is 10.5 Å². The molecular formula is C20H21N5O2S. The Balaban J connectivity index is 1.62. The third-order valence-electron chi connectivity index (χ3n) is 3.82. The van der Waals surface area contributed by atoms with Crippen LogP contribution in [0.3, 0.4) is 0 Å². The number of aryl methyl sites for hydroxylation is 1. The Kier molecular flexibility index (Phi) is 6.44.